The van der Waals surface area contributed by atoms with Crippen molar-refractivity contribution in [2.24, 2.45) is 11.3 Å². The largest absolute Gasteiger partial charge is 0.389 e. The molecule has 1 atom stereocenters. The number of aliphatic hydroxyl groups is 1. The van der Waals surface area contributed by atoms with E-state index in [0.29, 0.717) is 11.3 Å². The molecule has 1 heterocycles. The van der Waals surface area contributed by atoms with Gasteiger partial charge < -0.3 is 5.11 Å². The highest BCUT2D eigenvalue weighted by molar-refractivity contribution is 7.99. The van der Waals surface area contributed by atoms with Crippen molar-refractivity contribution in [3.8, 4) is 0 Å². The maximum Gasteiger partial charge on any atom is 0.0765 e. The van der Waals surface area contributed by atoms with Crippen molar-refractivity contribution in [1.82, 2.24) is 0 Å². The van der Waals surface area contributed by atoms with Crippen LogP contribution in [0.25, 0.3) is 0 Å². The Kier molecular flexibility index (Phi) is 2.79. The third-order valence-corrected chi connectivity index (χ3v) is 4.39. The summed E-state index contributed by atoms with van der Waals surface area (Å²) >= 11 is 1.89. The lowest BCUT2D eigenvalue weighted by Gasteiger charge is -2.43. The minimum absolute atomic E-state index is 0.307. The molecule has 72 valence electrons. The fourth-order valence-electron chi connectivity index (χ4n) is 1.81. The van der Waals surface area contributed by atoms with Gasteiger partial charge in [0.2, 0.25) is 0 Å². The Hall–Kier alpha value is 0.310. The van der Waals surface area contributed by atoms with Gasteiger partial charge in [-0.1, -0.05) is 27.7 Å². The van der Waals surface area contributed by atoms with Crippen LogP contribution in [0.15, 0.2) is 0 Å². The van der Waals surface area contributed by atoms with E-state index in [1.165, 1.54) is 5.75 Å². The molecule has 0 aliphatic carbocycles. The monoisotopic (exact) mass is 188 g/mol. The fraction of sp³-hybridized carbons (Fsp3) is 1.00. The molecule has 1 unspecified atom stereocenters. The van der Waals surface area contributed by atoms with Crippen molar-refractivity contribution in [2.75, 3.05) is 11.5 Å². The normalized spacial score (nSPS) is 35.5. The zero-order chi connectivity index (χ0) is 9.41. The van der Waals surface area contributed by atoms with Gasteiger partial charge in [-0.3, -0.25) is 0 Å². The molecule has 2 heteroatoms. The van der Waals surface area contributed by atoms with Crippen molar-refractivity contribution < 1.29 is 5.11 Å². The number of hydrogen-bond acceptors (Lipinski definition) is 2. The van der Waals surface area contributed by atoms with E-state index in [0.717, 1.165) is 12.2 Å². The molecule has 0 radical (unpaired) electrons. The summed E-state index contributed by atoms with van der Waals surface area (Å²) in [7, 11) is 0. The molecule has 1 N–H and O–H groups in total. The van der Waals surface area contributed by atoms with Crippen LogP contribution in [-0.4, -0.2) is 22.2 Å². The Morgan fingerprint density at radius 1 is 1.25 bits per heavy atom. The summed E-state index contributed by atoms with van der Waals surface area (Å²) in [5, 5.41) is 10.3. The smallest absolute Gasteiger partial charge is 0.0765 e. The summed E-state index contributed by atoms with van der Waals surface area (Å²) in [6.07, 6.45) is 0.949. The average Bonchev–Trinajstić information content (AvgIpc) is 1.83. The molecule has 0 aromatic carbocycles. The summed E-state index contributed by atoms with van der Waals surface area (Å²) in [6, 6.07) is 0. The zero-order valence-electron chi connectivity index (χ0n) is 8.55. The number of thioether (sulfide) groups is 1. The summed E-state index contributed by atoms with van der Waals surface area (Å²) in [6.45, 7) is 8.71. The van der Waals surface area contributed by atoms with Gasteiger partial charge in [0.05, 0.1) is 5.60 Å². The molecule has 1 aliphatic rings. The maximum atomic E-state index is 10.3. The Labute approximate surface area is 79.9 Å². The van der Waals surface area contributed by atoms with Crippen LogP contribution in [0.2, 0.25) is 0 Å². The second kappa shape index (κ2) is 3.22. The van der Waals surface area contributed by atoms with Crippen LogP contribution in [0, 0.1) is 11.3 Å². The van der Waals surface area contributed by atoms with Crippen LogP contribution < -0.4 is 0 Å². The lowest BCUT2D eigenvalue weighted by molar-refractivity contribution is -0.0205. The first-order valence-electron chi connectivity index (χ1n) is 4.66. The van der Waals surface area contributed by atoms with Gasteiger partial charge in [-0.15, -0.1) is 0 Å². The molecular weight excluding hydrogens is 168 g/mol. The van der Waals surface area contributed by atoms with Crippen LogP contribution in [0.5, 0.6) is 0 Å². The highest BCUT2D eigenvalue weighted by Crippen LogP contribution is 2.42. The van der Waals surface area contributed by atoms with Crippen molar-refractivity contribution >= 4 is 11.8 Å². The standard InChI is InChI=1S/C10H20OS/c1-8(2)10(11)5-9(3,4)6-12-7-10/h8,11H,5-7H2,1-4H3. The van der Waals surface area contributed by atoms with Gasteiger partial charge in [0.15, 0.2) is 0 Å². The molecule has 1 nitrogen and oxygen atoms in total. The molecule has 0 aromatic rings. The first-order chi connectivity index (χ1) is 5.36. The van der Waals surface area contributed by atoms with E-state index in [1.54, 1.807) is 0 Å². The minimum Gasteiger partial charge on any atom is -0.389 e. The quantitative estimate of drug-likeness (QED) is 0.682. The van der Waals surface area contributed by atoms with Crippen LogP contribution >= 0.6 is 11.8 Å². The topological polar surface area (TPSA) is 20.2 Å². The molecule has 12 heavy (non-hydrogen) atoms. The third kappa shape index (κ3) is 2.17. The Balaban J connectivity index is 2.68. The Bertz CT molecular complexity index is 165. The van der Waals surface area contributed by atoms with Gasteiger partial charge in [0.25, 0.3) is 0 Å². The zero-order valence-corrected chi connectivity index (χ0v) is 9.37. The summed E-state index contributed by atoms with van der Waals surface area (Å²) in [4.78, 5) is 0. The molecule has 1 fully saturated rings. The first-order valence-corrected chi connectivity index (χ1v) is 5.81. The van der Waals surface area contributed by atoms with Gasteiger partial charge in [-0.25, -0.2) is 0 Å². The summed E-state index contributed by atoms with van der Waals surface area (Å²) < 4.78 is 0. The molecular formula is C10H20OS. The van der Waals surface area contributed by atoms with Crippen LogP contribution in [0.1, 0.15) is 34.1 Å². The number of rotatable bonds is 1. The molecule has 0 aromatic heterocycles. The van der Waals surface area contributed by atoms with Crippen LogP contribution in [0.4, 0.5) is 0 Å². The van der Waals surface area contributed by atoms with Crippen molar-refractivity contribution in [1.29, 1.82) is 0 Å². The van der Waals surface area contributed by atoms with Crippen molar-refractivity contribution in [3.05, 3.63) is 0 Å². The van der Waals surface area contributed by atoms with E-state index in [2.05, 4.69) is 27.7 Å². The second-order valence-corrected chi connectivity index (χ2v) is 6.08. The molecule has 0 amide bonds. The van der Waals surface area contributed by atoms with Gasteiger partial charge in [-0.2, -0.15) is 11.8 Å². The molecule has 1 rings (SSSR count). The molecule has 0 saturated carbocycles. The van der Waals surface area contributed by atoms with Gasteiger partial charge in [0.1, 0.15) is 0 Å². The molecule has 1 saturated heterocycles. The lowest BCUT2D eigenvalue weighted by Crippen LogP contribution is -2.46. The molecule has 0 bridgehead atoms. The fourth-order valence-corrected chi connectivity index (χ4v) is 3.35. The van der Waals surface area contributed by atoms with Gasteiger partial charge in [0, 0.05) is 5.75 Å². The highest BCUT2D eigenvalue weighted by Gasteiger charge is 2.40. The Morgan fingerprint density at radius 3 is 2.17 bits per heavy atom. The van der Waals surface area contributed by atoms with Gasteiger partial charge in [-0.05, 0) is 23.5 Å². The Morgan fingerprint density at radius 2 is 1.83 bits per heavy atom. The SMILES string of the molecule is CC(C)C1(O)CSCC(C)(C)C1. The maximum absolute atomic E-state index is 10.3. The second-order valence-electron chi connectivity index (χ2n) is 5.09. The van der Waals surface area contributed by atoms with Gasteiger partial charge >= 0.3 is 0 Å². The highest BCUT2D eigenvalue weighted by atomic mass is 32.2. The predicted molar refractivity (Wildman–Crippen MR) is 55.5 cm³/mol. The third-order valence-electron chi connectivity index (χ3n) is 2.70. The average molecular weight is 188 g/mol. The molecule has 0 spiro atoms. The minimum atomic E-state index is -0.424. The van der Waals surface area contributed by atoms with Crippen LogP contribution in [-0.2, 0) is 0 Å². The van der Waals surface area contributed by atoms with Crippen molar-refractivity contribution in [3.63, 3.8) is 0 Å². The summed E-state index contributed by atoms with van der Waals surface area (Å²) in [5.41, 5.74) is -0.117. The van der Waals surface area contributed by atoms with Crippen LogP contribution in [0.3, 0.4) is 0 Å². The van der Waals surface area contributed by atoms with E-state index in [1.807, 2.05) is 11.8 Å². The van der Waals surface area contributed by atoms with E-state index in [9.17, 15) is 5.11 Å². The number of hydrogen-bond donors (Lipinski definition) is 1. The van der Waals surface area contributed by atoms with Crippen molar-refractivity contribution in [2.45, 2.75) is 39.7 Å². The van der Waals surface area contributed by atoms with E-state index >= 15 is 0 Å². The summed E-state index contributed by atoms with van der Waals surface area (Å²) in [5.74, 6) is 2.47. The molecule has 1 aliphatic heterocycles. The lowest BCUT2D eigenvalue weighted by atomic mass is 9.77. The van der Waals surface area contributed by atoms with E-state index in [-0.39, 0.29) is 0 Å². The van der Waals surface area contributed by atoms with E-state index in [4.69, 9.17) is 0 Å². The first kappa shape index (κ1) is 10.4. The van der Waals surface area contributed by atoms with E-state index < -0.39 is 5.60 Å². The predicted octanol–water partition coefficient (Wildman–Crippen LogP) is 2.54.